The molecule has 0 saturated carbocycles. The second-order valence-electron chi connectivity index (χ2n) is 2.09. The van der Waals surface area contributed by atoms with Gasteiger partial charge in [0.2, 0.25) is 5.75 Å². The molecule has 0 aliphatic carbocycles. The summed E-state index contributed by atoms with van der Waals surface area (Å²) in [4.78, 5) is 9.73. The fourth-order valence-electron chi connectivity index (χ4n) is 0.866. The van der Waals surface area contributed by atoms with Crippen LogP contribution in [-0.4, -0.2) is 17.1 Å². The van der Waals surface area contributed by atoms with Gasteiger partial charge in [0, 0.05) is 6.07 Å². The van der Waals surface area contributed by atoms with E-state index in [1.807, 2.05) is 0 Å². The number of nitro groups is 1. The molecule has 0 fully saturated rings. The molecule has 0 spiro atoms. The topological polar surface area (TPSA) is 72.6 Å². The van der Waals surface area contributed by atoms with Gasteiger partial charge in [-0.2, -0.15) is 0 Å². The minimum atomic E-state index is -0.613. The molecule has 13 heavy (non-hydrogen) atoms. The molecule has 0 radical (unpaired) electrons. The third kappa shape index (κ3) is 2.92. The van der Waals surface area contributed by atoms with Gasteiger partial charge in [0.05, 0.1) is 12.0 Å². The molecule has 1 aromatic rings. The van der Waals surface area contributed by atoms with Crippen molar-refractivity contribution in [1.82, 2.24) is 0 Å². The molecule has 0 bridgehead atoms. The van der Waals surface area contributed by atoms with Crippen LogP contribution >= 0.6 is 0 Å². The molecule has 0 aliphatic rings. The van der Waals surface area contributed by atoms with Crippen LogP contribution in [0.4, 0.5) is 5.69 Å². The number of ether oxygens (including phenoxy) is 1. The third-order valence-corrected chi connectivity index (χ3v) is 1.37. The van der Waals surface area contributed by atoms with E-state index in [1.54, 1.807) is 0 Å². The Morgan fingerprint density at radius 3 is 2.62 bits per heavy atom. The molecule has 0 unspecified atom stereocenters. The van der Waals surface area contributed by atoms with Gasteiger partial charge >= 0.3 is 57.1 Å². The fourth-order valence-corrected chi connectivity index (χ4v) is 0.866. The molecule has 5 nitrogen and oxygen atoms in total. The maximum Gasteiger partial charge on any atom is 1.00 e. The summed E-state index contributed by atoms with van der Waals surface area (Å²) in [5.74, 6) is -0.339. The zero-order valence-electron chi connectivity index (χ0n) is 8.35. The van der Waals surface area contributed by atoms with Gasteiger partial charge in [-0.3, -0.25) is 10.1 Å². The van der Waals surface area contributed by atoms with Crippen LogP contribution in [0.15, 0.2) is 18.2 Å². The van der Waals surface area contributed by atoms with E-state index in [2.05, 4.69) is 4.74 Å². The molecule has 0 aliphatic heterocycles. The van der Waals surface area contributed by atoms with Crippen LogP contribution < -0.4 is 56.1 Å². The van der Waals surface area contributed by atoms with Crippen molar-refractivity contribution >= 4 is 5.69 Å². The maximum absolute atomic E-state index is 10.3. The Labute approximate surface area is 119 Å². The summed E-state index contributed by atoms with van der Waals surface area (Å²) in [5, 5.41) is 19.5. The van der Waals surface area contributed by atoms with Gasteiger partial charge in [0.15, 0.2) is 5.75 Å². The van der Waals surface area contributed by atoms with Crippen molar-refractivity contribution in [2.75, 3.05) is 7.11 Å². The van der Waals surface area contributed by atoms with Crippen molar-refractivity contribution in [2.24, 2.45) is 0 Å². The number of benzene rings is 1. The first-order valence-corrected chi connectivity index (χ1v) is 3.17. The Balaban J connectivity index is 0. The van der Waals surface area contributed by atoms with Crippen LogP contribution in [0.25, 0.3) is 0 Å². The number of aromatic hydroxyl groups is 1. The molecular weight excluding hydrogens is 201 g/mol. The standard InChI is InChI=1S/C7H7NO4.K.H/c1-12-7-5(8(10)11)3-2-4-6(7)9;;/h2-4,9H,1H3;;/q;+1;-1. The minimum absolute atomic E-state index is 0. The molecule has 0 saturated heterocycles. The predicted molar refractivity (Wildman–Crippen MR) is 42.4 cm³/mol. The molecule has 66 valence electrons. The van der Waals surface area contributed by atoms with Crippen molar-refractivity contribution in [3.05, 3.63) is 28.3 Å². The average molecular weight is 209 g/mol. The normalized spacial score (nSPS) is 8.69. The van der Waals surface area contributed by atoms with Gasteiger partial charge in [-0.25, -0.2) is 0 Å². The van der Waals surface area contributed by atoms with E-state index in [0.717, 1.165) is 0 Å². The van der Waals surface area contributed by atoms with Gasteiger partial charge in [0.1, 0.15) is 0 Å². The first kappa shape index (κ1) is 12.9. The second-order valence-corrected chi connectivity index (χ2v) is 2.09. The number of phenolic OH excluding ortho intramolecular Hbond substituents is 1. The van der Waals surface area contributed by atoms with Crippen LogP contribution in [0.1, 0.15) is 1.43 Å². The molecule has 1 rings (SSSR count). The fraction of sp³-hybridized carbons (Fsp3) is 0.143. The number of hydrogen-bond acceptors (Lipinski definition) is 4. The van der Waals surface area contributed by atoms with E-state index >= 15 is 0 Å². The Morgan fingerprint density at radius 2 is 2.23 bits per heavy atom. The maximum atomic E-state index is 10.3. The third-order valence-electron chi connectivity index (χ3n) is 1.37. The number of para-hydroxylation sites is 1. The Hall–Kier alpha value is -0.144. The summed E-state index contributed by atoms with van der Waals surface area (Å²) in [6.45, 7) is 0. The summed E-state index contributed by atoms with van der Waals surface area (Å²) >= 11 is 0. The molecule has 6 heteroatoms. The van der Waals surface area contributed by atoms with E-state index in [0.29, 0.717) is 0 Å². The van der Waals surface area contributed by atoms with E-state index < -0.39 is 4.92 Å². The quantitative estimate of drug-likeness (QED) is 0.363. The summed E-state index contributed by atoms with van der Waals surface area (Å²) in [6.07, 6.45) is 0. The van der Waals surface area contributed by atoms with E-state index in [4.69, 9.17) is 5.11 Å². The SMILES string of the molecule is COc1c(O)cccc1[N+](=O)[O-].[H-].[K+]. The number of nitro benzene ring substituents is 1. The van der Waals surface area contributed by atoms with Crippen molar-refractivity contribution in [3.8, 4) is 11.5 Å². The molecule has 0 atom stereocenters. The van der Waals surface area contributed by atoms with Crippen LogP contribution in [0.5, 0.6) is 11.5 Å². The largest absolute Gasteiger partial charge is 1.00 e. The van der Waals surface area contributed by atoms with Gasteiger partial charge in [-0.05, 0) is 6.07 Å². The number of hydrogen-bond donors (Lipinski definition) is 1. The van der Waals surface area contributed by atoms with Gasteiger partial charge < -0.3 is 11.3 Å². The number of nitrogens with zero attached hydrogens (tertiary/aromatic N) is 1. The van der Waals surface area contributed by atoms with Crippen molar-refractivity contribution in [2.45, 2.75) is 0 Å². The van der Waals surface area contributed by atoms with Crippen LogP contribution in [0.3, 0.4) is 0 Å². The Bertz CT molecular complexity index is 321. The Morgan fingerprint density at radius 1 is 1.62 bits per heavy atom. The molecule has 0 heterocycles. The van der Waals surface area contributed by atoms with Gasteiger partial charge in [0.25, 0.3) is 0 Å². The van der Waals surface area contributed by atoms with Crippen molar-refractivity contribution in [1.29, 1.82) is 0 Å². The molecular formula is C7H8KNO4. The molecule has 1 N–H and O–H groups in total. The summed E-state index contributed by atoms with van der Waals surface area (Å²) < 4.78 is 4.65. The van der Waals surface area contributed by atoms with Crippen molar-refractivity contribution < 1.29 is 67.6 Å². The monoisotopic (exact) mass is 209 g/mol. The predicted octanol–water partition coefficient (Wildman–Crippen LogP) is -1.57. The zero-order chi connectivity index (χ0) is 9.14. The Kier molecular flexibility index (Phi) is 5.50. The smallest absolute Gasteiger partial charge is 1.00 e. The average Bonchev–Trinajstić information content (AvgIpc) is 2.03. The van der Waals surface area contributed by atoms with E-state index in [9.17, 15) is 10.1 Å². The van der Waals surface area contributed by atoms with Crippen molar-refractivity contribution in [3.63, 3.8) is 0 Å². The second kappa shape index (κ2) is 5.56. The zero-order valence-corrected chi connectivity index (χ0v) is 10.5. The van der Waals surface area contributed by atoms with Gasteiger partial charge in [-0.1, -0.05) is 6.07 Å². The van der Waals surface area contributed by atoms with Gasteiger partial charge in [-0.15, -0.1) is 0 Å². The first-order valence-electron chi connectivity index (χ1n) is 3.17. The number of methoxy groups -OCH3 is 1. The molecule has 0 aromatic heterocycles. The van der Waals surface area contributed by atoms with Crippen LogP contribution in [0.2, 0.25) is 0 Å². The summed E-state index contributed by atoms with van der Waals surface area (Å²) in [7, 11) is 1.27. The van der Waals surface area contributed by atoms with E-state index in [-0.39, 0.29) is 70.0 Å². The van der Waals surface area contributed by atoms with Crippen LogP contribution in [0, 0.1) is 10.1 Å². The number of rotatable bonds is 2. The summed E-state index contributed by atoms with van der Waals surface area (Å²) in [6, 6.07) is 3.97. The number of phenols is 1. The minimum Gasteiger partial charge on any atom is -1.00 e. The van der Waals surface area contributed by atoms with Crippen LogP contribution in [-0.2, 0) is 0 Å². The molecule has 0 amide bonds. The molecule has 1 aromatic carbocycles. The van der Waals surface area contributed by atoms with E-state index in [1.165, 1.54) is 25.3 Å². The summed E-state index contributed by atoms with van der Waals surface area (Å²) in [5.41, 5.74) is -0.238. The first-order chi connectivity index (χ1) is 5.66.